The van der Waals surface area contributed by atoms with Gasteiger partial charge in [-0.1, -0.05) is 0 Å². The molecule has 17 heavy (non-hydrogen) atoms. The van der Waals surface area contributed by atoms with Gasteiger partial charge < -0.3 is 5.11 Å². The normalized spacial score (nSPS) is 10.9. The predicted molar refractivity (Wildman–Crippen MR) is 59.9 cm³/mol. The van der Waals surface area contributed by atoms with Gasteiger partial charge in [-0.3, -0.25) is 9.97 Å². The van der Waals surface area contributed by atoms with Gasteiger partial charge in [0.25, 0.3) is 0 Å². The van der Waals surface area contributed by atoms with E-state index in [1.54, 1.807) is 41.6 Å². The van der Waals surface area contributed by atoms with Crippen LogP contribution < -0.4 is 0 Å². The van der Waals surface area contributed by atoms with Crippen LogP contribution in [-0.4, -0.2) is 29.7 Å². The van der Waals surface area contributed by atoms with Crippen LogP contribution in [0.2, 0.25) is 0 Å². The molecule has 0 aliphatic carbocycles. The maximum absolute atomic E-state index is 9.43. The summed E-state index contributed by atoms with van der Waals surface area (Å²) >= 11 is 0. The zero-order valence-corrected chi connectivity index (χ0v) is 8.85. The number of nitrogens with zero attached hydrogens (tertiary/aromatic N) is 5. The molecule has 6 nitrogen and oxygen atoms in total. The lowest BCUT2D eigenvalue weighted by Gasteiger charge is -1.96. The molecule has 0 saturated carbocycles. The van der Waals surface area contributed by atoms with Gasteiger partial charge >= 0.3 is 0 Å². The quantitative estimate of drug-likeness (QED) is 0.696. The lowest BCUT2D eigenvalue weighted by molar-refractivity contribution is 0.283. The molecule has 0 aliphatic rings. The summed E-state index contributed by atoms with van der Waals surface area (Å²) in [5.41, 5.74) is 2.53. The fourth-order valence-corrected chi connectivity index (χ4v) is 1.71. The average molecular weight is 227 g/mol. The van der Waals surface area contributed by atoms with Crippen LogP contribution in [0.4, 0.5) is 0 Å². The summed E-state index contributed by atoms with van der Waals surface area (Å²) in [6, 6.07) is 1.78. The minimum atomic E-state index is -0.133. The van der Waals surface area contributed by atoms with Gasteiger partial charge in [0.05, 0.1) is 18.4 Å². The molecule has 1 N–H and O–H groups in total. The first-order valence-electron chi connectivity index (χ1n) is 5.09. The Balaban J connectivity index is 2.30. The van der Waals surface area contributed by atoms with Crippen molar-refractivity contribution < 1.29 is 5.11 Å². The maximum Gasteiger partial charge on any atom is 0.161 e. The summed E-state index contributed by atoms with van der Waals surface area (Å²) in [6.45, 7) is -0.133. The smallest absolute Gasteiger partial charge is 0.161 e. The number of aliphatic hydroxyl groups is 1. The van der Waals surface area contributed by atoms with E-state index in [0.717, 1.165) is 0 Å². The molecule has 3 heterocycles. The summed E-state index contributed by atoms with van der Waals surface area (Å²) in [5, 5.41) is 13.8. The highest BCUT2D eigenvalue weighted by Crippen LogP contribution is 2.22. The van der Waals surface area contributed by atoms with Crippen LogP contribution in [0.1, 0.15) is 5.56 Å². The molecule has 0 fully saturated rings. The first-order valence-corrected chi connectivity index (χ1v) is 5.09. The van der Waals surface area contributed by atoms with Crippen molar-refractivity contribution in [2.45, 2.75) is 6.61 Å². The van der Waals surface area contributed by atoms with Crippen LogP contribution in [0.5, 0.6) is 0 Å². The highest BCUT2D eigenvalue weighted by molar-refractivity contribution is 5.66. The van der Waals surface area contributed by atoms with E-state index in [2.05, 4.69) is 20.1 Å². The third-order valence-corrected chi connectivity index (χ3v) is 2.45. The number of aromatic nitrogens is 5. The van der Waals surface area contributed by atoms with Crippen LogP contribution in [0.25, 0.3) is 17.0 Å². The van der Waals surface area contributed by atoms with Crippen molar-refractivity contribution >= 4 is 5.65 Å². The van der Waals surface area contributed by atoms with Crippen LogP contribution in [0.3, 0.4) is 0 Å². The molecule has 0 aliphatic heterocycles. The Morgan fingerprint density at radius 2 is 2.12 bits per heavy atom. The van der Waals surface area contributed by atoms with E-state index in [0.29, 0.717) is 22.6 Å². The second-order valence-electron chi connectivity index (χ2n) is 3.46. The number of aliphatic hydroxyl groups excluding tert-OH is 1. The van der Waals surface area contributed by atoms with Gasteiger partial charge in [0, 0.05) is 24.8 Å². The Hall–Kier alpha value is -2.34. The van der Waals surface area contributed by atoms with E-state index in [4.69, 9.17) is 0 Å². The van der Waals surface area contributed by atoms with Gasteiger partial charge in [-0.05, 0) is 6.07 Å². The second-order valence-corrected chi connectivity index (χ2v) is 3.46. The SMILES string of the molecule is OCc1c(-c2cnccn2)nn2cccnc12. The maximum atomic E-state index is 9.43. The molecule has 0 amide bonds. The fourth-order valence-electron chi connectivity index (χ4n) is 1.71. The molecule has 3 aromatic heterocycles. The molecule has 6 heteroatoms. The van der Waals surface area contributed by atoms with Gasteiger partial charge in [0.15, 0.2) is 5.65 Å². The number of rotatable bonds is 2. The summed E-state index contributed by atoms with van der Waals surface area (Å²) in [5.74, 6) is 0. The van der Waals surface area contributed by atoms with Crippen LogP contribution in [0, 0.1) is 0 Å². The second kappa shape index (κ2) is 3.91. The Morgan fingerprint density at radius 1 is 1.18 bits per heavy atom. The van der Waals surface area contributed by atoms with Crippen molar-refractivity contribution in [2.75, 3.05) is 0 Å². The van der Waals surface area contributed by atoms with Gasteiger partial charge in [0.1, 0.15) is 11.4 Å². The molecule has 0 radical (unpaired) electrons. The Kier molecular flexibility index (Phi) is 2.27. The lowest BCUT2D eigenvalue weighted by Crippen LogP contribution is -1.90. The largest absolute Gasteiger partial charge is 0.391 e. The van der Waals surface area contributed by atoms with Crippen LogP contribution in [0.15, 0.2) is 37.1 Å². The molecule has 0 bridgehead atoms. The number of fused-ring (bicyclic) bond motifs is 1. The van der Waals surface area contributed by atoms with Gasteiger partial charge in [0.2, 0.25) is 0 Å². The highest BCUT2D eigenvalue weighted by Gasteiger charge is 2.15. The van der Waals surface area contributed by atoms with Crippen molar-refractivity contribution in [1.82, 2.24) is 24.6 Å². The van der Waals surface area contributed by atoms with Crippen LogP contribution >= 0.6 is 0 Å². The van der Waals surface area contributed by atoms with Crippen LogP contribution in [-0.2, 0) is 6.61 Å². The van der Waals surface area contributed by atoms with Gasteiger partial charge in [-0.15, -0.1) is 0 Å². The molecular formula is C11H9N5O. The predicted octanol–water partition coefficient (Wildman–Crippen LogP) is 0.679. The molecule has 84 valence electrons. The van der Waals surface area contributed by atoms with Crippen molar-refractivity contribution in [3.8, 4) is 11.4 Å². The molecular weight excluding hydrogens is 218 g/mol. The number of hydrogen-bond donors (Lipinski definition) is 1. The summed E-state index contributed by atoms with van der Waals surface area (Å²) in [6.07, 6.45) is 8.24. The molecule has 0 unspecified atom stereocenters. The van der Waals surface area contributed by atoms with Crippen molar-refractivity contribution in [2.24, 2.45) is 0 Å². The van der Waals surface area contributed by atoms with Gasteiger partial charge in [-0.25, -0.2) is 9.50 Å². The molecule has 0 saturated heterocycles. The third-order valence-electron chi connectivity index (χ3n) is 2.45. The first-order chi connectivity index (χ1) is 8.40. The average Bonchev–Trinajstić information content (AvgIpc) is 2.78. The first kappa shape index (κ1) is 9.86. The van der Waals surface area contributed by atoms with Crippen molar-refractivity contribution in [3.05, 3.63) is 42.6 Å². The zero-order valence-electron chi connectivity index (χ0n) is 8.85. The van der Waals surface area contributed by atoms with Crippen molar-refractivity contribution in [3.63, 3.8) is 0 Å². The Morgan fingerprint density at radius 3 is 2.88 bits per heavy atom. The van der Waals surface area contributed by atoms with E-state index < -0.39 is 0 Å². The fraction of sp³-hybridized carbons (Fsp3) is 0.0909. The van der Waals surface area contributed by atoms with E-state index in [1.807, 2.05) is 0 Å². The summed E-state index contributed by atoms with van der Waals surface area (Å²) in [7, 11) is 0. The summed E-state index contributed by atoms with van der Waals surface area (Å²) < 4.78 is 1.62. The monoisotopic (exact) mass is 227 g/mol. The minimum Gasteiger partial charge on any atom is -0.391 e. The van der Waals surface area contributed by atoms with E-state index in [1.165, 1.54) is 0 Å². The highest BCUT2D eigenvalue weighted by atomic mass is 16.3. The molecule has 0 spiro atoms. The Bertz CT molecular complexity index is 649. The lowest BCUT2D eigenvalue weighted by atomic mass is 10.2. The molecule has 0 aromatic carbocycles. The van der Waals surface area contributed by atoms with Crippen molar-refractivity contribution in [1.29, 1.82) is 0 Å². The number of hydrogen-bond acceptors (Lipinski definition) is 5. The standard InChI is InChI=1S/C11H9N5O/c17-7-8-10(9-6-12-3-4-13-9)15-16-5-1-2-14-11(8)16/h1-6,17H,7H2. The summed E-state index contributed by atoms with van der Waals surface area (Å²) in [4.78, 5) is 12.4. The zero-order chi connectivity index (χ0) is 11.7. The van der Waals surface area contributed by atoms with E-state index in [9.17, 15) is 5.11 Å². The van der Waals surface area contributed by atoms with E-state index in [-0.39, 0.29) is 6.61 Å². The topological polar surface area (TPSA) is 76.2 Å². The molecule has 3 rings (SSSR count). The Labute approximate surface area is 96.6 Å². The van der Waals surface area contributed by atoms with Gasteiger partial charge in [-0.2, -0.15) is 5.10 Å². The van der Waals surface area contributed by atoms with E-state index >= 15 is 0 Å². The molecule has 0 atom stereocenters. The third kappa shape index (κ3) is 1.55. The molecule has 3 aromatic rings. The minimum absolute atomic E-state index is 0.133.